The number of hydrogen-bond donors (Lipinski definition) is 1. The van der Waals surface area contributed by atoms with Crippen molar-refractivity contribution in [2.45, 2.75) is 42.7 Å². The summed E-state index contributed by atoms with van der Waals surface area (Å²) in [4.78, 5) is 0. The fourth-order valence-corrected chi connectivity index (χ4v) is 3.65. The topological polar surface area (TPSA) is 51.8 Å². The van der Waals surface area contributed by atoms with Crippen molar-refractivity contribution in [3.8, 4) is 0 Å². The van der Waals surface area contributed by atoms with Gasteiger partial charge < -0.3 is 5.73 Å². The predicted octanol–water partition coefficient (Wildman–Crippen LogP) is 4.27. The molecule has 1 aromatic heterocycles. The van der Waals surface area contributed by atoms with Crippen LogP contribution in [0, 0.1) is 0 Å². The third-order valence-corrected chi connectivity index (χ3v) is 4.94. The highest BCUT2D eigenvalue weighted by atomic mass is 32.2. The molecule has 0 unspecified atom stereocenters. The molecule has 102 valence electrons. The number of nitrogen functional groups attached to an aromatic ring is 1. The lowest BCUT2D eigenvalue weighted by Crippen LogP contribution is -2.10. The van der Waals surface area contributed by atoms with Gasteiger partial charge in [0.1, 0.15) is 0 Å². The summed E-state index contributed by atoms with van der Waals surface area (Å²) < 4.78 is 0.921. The van der Waals surface area contributed by atoms with E-state index in [1.807, 2.05) is 0 Å². The van der Waals surface area contributed by atoms with Crippen LogP contribution < -0.4 is 5.73 Å². The summed E-state index contributed by atoms with van der Waals surface area (Å²) in [5.41, 5.74) is 8.44. The van der Waals surface area contributed by atoms with Gasteiger partial charge in [-0.2, -0.15) is 0 Å². The van der Waals surface area contributed by atoms with Crippen molar-refractivity contribution < 1.29 is 0 Å². The van der Waals surface area contributed by atoms with Gasteiger partial charge in [0, 0.05) is 5.25 Å². The second kappa shape index (κ2) is 5.51. The van der Waals surface area contributed by atoms with E-state index >= 15 is 0 Å². The number of nitrogens with zero attached hydrogens (tertiary/aromatic N) is 2. The number of hydrogen-bond acceptors (Lipinski definition) is 5. The monoisotopic (exact) mass is 293 g/mol. The zero-order valence-electron chi connectivity index (χ0n) is 11.7. The Bertz CT molecular complexity index is 541. The van der Waals surface area contributed by atoms with Crippen LogP contribution in [0.2, 0.25) is 0 Å². The highest BCUT2D eigenvalue weighted by Crippen LogP contribution is 2.37. The first kappa shape index (κ1) is 14.3. The van der Waals surface area contributed by atoms with Crippen LogP contribution in [0.4, 0.5) is 5.13 Å². The number of benzene rings is 1. The number of aromatic nitrogens is 2. The van der Waals surface area contributed by atoms with Crippen molar-refractivity contribution in [1.29, 1.82) is 0 Å². The van der Waals surface area contributed by atoms with Crippen molar-refractivity contribution in [2.24, 2.45) is 0 Å². The molecule has 0 radical (unpaired) electrons. The zero-order valence-corrected chi connectivity index (χ0v) is 13.3. The van der Waals surface area contributed by atoms with E-state index in [2.05, 4.69) is 62.2 Å². The number of anilines is 1. The summed E-state index contributed by atoms with van der Waals surface area (Å²) in [7, 11) is 0. The van der Waals surface area contributed by atoms with Crippen LogP contribution in [-0.4, -0.2) is 10.2 Å². The van der Waals surface area contributed by atoms with Crippen LogP contribution in [0.1, 0.15) is 44.1 Å². The van der Waals surface area contributed by atoms with Gasteiger partial charge in [0.25, 0.3) is 0 Å². The van der Waals surface area contributed by atoms with Crippen molar-refractivity contribution in [2.75, 3.05) is 5.73 Å². The van der Waals surface area contributed by atoms with Crippen molar-refractivity contribution >= 4 is 28.2 Å². The first-order valence-electron chi connectivity index (χ1n) is 6.22. The van der Waals surface area contributed by atoms with Gasteiger partial charge in [-0.25, -0.2) is 0 Å². The molecule has 1 aromatic carbocycles. The molecule has 0 fully saturated rings. The fraction of sp³-hybridized carbons (Fsp3) is 0.429. The van der Waals surface area contributed by atoms with Crippen LogP contribution in [0.25, 0.3) is 0 Å². The first-order chi connectivity index (χ1) is 8.86. The van der Waals surface area contributed by atoms with E-state index in [4.69, 9.17) is 5.73 Å². The third kappa shape index (κ3) is 3.70. The molecule has 0 saturated carbocycles. The van der Waals surface area contributed by atoms with E-state index in [1.54, 1.807) is 11.8 Å². The maximum atomic E-state index is 5.59. The molecule has 1 atom stereocenters. The van der Waals surface area contributed by atoms with Gasteiger partial charge in [0.15, 0.2) is 4.34 Å². The van der Waals surface area contributed by atoms with E-state index in [0.717, 1.165) is 4.34 Å². The average Bonchev–Trinajstić information content (AvgIpc) is 2.74. The Balaban J connectivity index is 2.09. The molecule has 3 nitrogen and oxygen atoms in total. The Hall–Kier alpha value is -1.07. The Kier molecular flexibility index (Phi) is 4.16. The summed E-state index contributed by atoms with van der Waals surface area (Å²) in [5, 5.41) is 8.75. The number of rotatable bonds is 3. The Morgan fingerprint density at radius 2 is 1.79 bits per heavy atom. The minimum absolute atomic E-state index is 0.197. The van der Waals surface area contributed by atoms with E-state index in [9.17, 15) is 0 Å². The average molecular weight is 293 g/mol. The first-order valence-corrected chi connectivity index (χ1v) is 7.92. The molecule has 0 spiro atoms. The molecule has 0 aliphatic rings. The standard InChI is InChI=1S/C14H19N3S2/c1-9(18-13-17-16-12(15)19-13)10-5-7-11(8-6-10)14(2,3)4/h5-9H,1-4H3,(H2,15,16)/t9-/m0/s1. The maximum absolute atomic E-state index is 5.59. The fourth-order valence-electron chi connectivity index (χ4n) is 1.74. The molecular weight excluding hydrogens is 274 g/mol. The summed E-state index contributed by atoms with van der Waals surface area (Å²) >= 11 is 3.13. The van der Waals surface area contributed by atoms with E-state index in [-0.39, 0.29) is 5.41 Å². The lowest BCUT2D eigenvalue weighted by Gasteiger charge is -2.20. The Morgan fingerprint density at radius 3 is 2.26 bits per heavy atom. The highest BCUT2D eigenvalue weighted by molar-refractivity contribution is 8.01. The van der Waals surface area contributed by atoms with Gasteiger partial charge in [-0.3, -0.25) is 0 Å². The van der Waals surface area contributed by atoms with Crippen LogP contribution >= 0.6 is 23.1 Å². The summed E-state index contributed by atoms with van der Waals surface area (Å²) in [5.74, 6) is 0. The second-order valence-corrected chi connectivity index (χ2v) is 8.14. The maximum Gasteiger partial charge on any atom is 0.203 e. The molecule has 5 heteroatoms. The van der Waals surface area contributed by atoms with E-state index < -0.39 is 0 Å². The molecule has 0 amide bonds. The van der Waals surface area contributed by atoms with Gasteiger partial charge in [0.2, 0.25) is 5.13 Å². The molecule has 2 N–H and O–H groups in total. The molecule has 2 aromatic rings. The SMILES string of the molecule is C[C@H](Sc1nnc(N)s1)c1ccc(C(C)(C)C)cc1. The molecule has 2 rings (SSSR count). The quantitative estimate of drug-likeness (QED) is 0.859. The van der Waals surface area contributed by atoms with Crippen LogP contribution in [0.3, 0.4) is 0 Å². The zero-order chi connectivity index (χ0) is 14.0. The van der Waals surface area contributed by atoms with E-state index in [1.165, 1.54) is 22.5 Å². The van der Waals surface area contributed by atoms with Crippen molar-refractivity contribution in [3.63, 3.8) is 0 Å². The van der Waals surface area contributed by atoms with Gasteiger partial charge >= 0.3 is 0 Å². The minimum atomic E-state index is 0.197. The highest BCUT2D eigenvalue weighted by Gasteiger charge is 2.15. The molecule has 19 heavy (non-hydrogen) atoms. The van der Waals surface area contributed by atoms with Gasteiger partial charge in [-0.05, 0) is 23.5 Å². The summed E-state index contributed by atoms with van der Waals surface area (Å²) in [6, 6.07) is 8.81. The third-order valence-electron chi connectivity index (χ3n) is 2.95. The smallest absolute Gasteiger partial charge is 0.203 e. The van der Waals surface area contributed by atoms with Gasteiger partial charge in [0.05, 0.1) is 0 Å². The van der Waals surface area contributed by atoms with Crippen molar-refractivity contribution in [3.05, 3.63) is 35.4 Å². The van der Waals surface area contributed by atoms with E-state index in [0.29, 0.717) is 10.4 Å². The molecule has 0 saturated heterocycles. The summed E-state index contributed by atoms with van der Waals surface area (Å²) in [6.45, 7) is 8.85. The lowest BCUT2D eigenvalue weighted by atomic mass is 9.86. The normalized spacial score (nSPS) is 13.5. The lowest BCUT2D eigenvalue weighted by molar-refractivity contribution is 0.590. The van der Waals surface area contributed by atoms with Crippen LogP contribution in [0.15, 0.2) is 28.6 Å². The van der Waals surface area contributed by atoms with Crippen LogP contribution in [-0.2, 0) is 5.41 Å². The molecule has 1 heterocycles. The Morgan fingerprint density at radius 1 is 1.16 bits per heavy atom. The molecule has 0 bridgehead atoms. The van der Waals surface area contributed by atoms with Gasteiger partial charge in [-0.15, -0.1) is 10.2 Å². The van der Waals surface area contributed by atoms with Crippen LogP contribution in [0.5, 0.6) is 0 Å². The largest absolute Gasteiger partial charge is 0.374 e. The Labute approximate surface area is 122 Å². The molecular formula is C14H19N3S2. The minimum Gasteiger partial charge on any atom is -0.374 e. The summed E-state index contributed by atoms with van der Waals surface area (Å²) in [6.07, 6.45) is 0. The molecule has 0 aliphatic heterocycles. The molecule has 0 aliphatic carbocycles. The van der Waals surface area contributed by atoms with Crippen molar-refractivity contribution in [1.82, 2.24) is 10.2 Å². The number of thioether (sulfide) groups is 1. The van der Waals surface area contributed by atoms with Gasteiger partial charge in [-0.1, -0.05) is 68.1 Å². The number of nitrogens with two attached hydrogens (primary N) is 1. The second-order valence-electron chi connectivity index (χ2n) is 5.54. The predicted molar refractivity (Wildman–Crippen MR) is 83.7 cm³/mol.